The molecule has 5 heteroatoms. The third-order valence-corrected chi connectivity index (χ3v) is 3.73. The van der Waals surface area contributed by atoms with Gasteiger partial charge in [0.15, 0.2) is 5.54 Å². The minimum absolute atomic E-state index is 0.0912. The molecule has 1 atom stereocenters. The van der Waals surface area contributed by atoms with Gasteiger partial charge in [0, 0.05) is 17.7 Å². The Hall–Kier alpha value is -2.82. The predicted molar refractivity (Wildman–Crippen MR) is 84.6 cm³/mol. The smallest absolute Gasteiger partial charge is 0.333 e. The van der Waals surface area contributed by atoms with Crippen molar-refractivity contribution in [3.63, 3.8) is 0 Å². The largest absolute Gasteiger partial charge is 0.479 e. The Morgan fingerprint density at radius 2 is 2.00 bits per heavy atom. The number of allylic oxidation sites excluding steroid dienone is 2. The van der Waals surface area contributed by atoms with Gasteiger partial charge in [0.2, 0.25) is 0 Å². The molecule has 1 aromatic carbocycles. The summed E-state index contributed by atoms with van der Waals surface area (Å²) in [5, 5.41) is 21.9. The van der Waals surface area contributed by atoms with E-state index in [9.17, 15) is 19.8 Å². The van der Waals surface area contributed by atoms with Crippen LogP contribution in [0.1, 0.15) is 18.9 Å². The van der Waals surface area contributed by atoms with Crippen molar-refractivity contribution in [2.45, 2.75) is 18.9 Å². The van der Waals surface area contributed by atoms with Crippen LogP contribution in [0.2, 0.25) is 0 Å². The minimum atomic E-state index is -1.49. The molecule has 1 unspecified atom stereocenters. The van der Waals surface area contributed by atoms with Crippen molar-refractivity contribution < 1.29 is 19.8 Å². The van der Waals surface area contributed by atoms with E-state index in [2.05, 4.69) is 11.9 Å². The van der Waals surface area contributed by atoms with Gasteiger partial charge in [0.25, 0.3) is 0 Å². The summed E-state index contributed by atoms with van der Waals surface area (Å²) >= 11 is 0. The van der Waals surface area contributed by atoms with Gasteiger partial charge < -0.3 is 15.5 Å². The van der Waals surface area contributed by atoms with Gasteiger partial charge in [-0.1, -0.05) is 36.9 Å². The number of aliphatic carboxylic acids is 2. The Balaban J connectivity index is 2.44. The van der Waals surface area contributed by atoms with Gasteiger partial charge in [-0.2, -0.15) is 0 Å². The Kier molecular flexibility index (Phi) is 4.17. The number of carbonyl (C=O) groups is 2. The summed E-state index contributed by atoms with van der Waals surface area (Å²) < 4.78 is 0. The van der Waals surface area contributed by atoms with Gasteiger partial charge in [0.1, 0.15) is 0 Å². The van der Waals surface area contributed by atoms with E-state index in [1.807, 2.05) is 6.07 Å². The van der Waals surface area contributed by atoms with E-state index in [1.165, 1.54) is 12.2 Å². The minimum Gasteiger partial charge on any atom is -0.479 e. The molecule has 0 fully saturated rings. The van der Waals surface area contributed by atoms with Crippen molar-refractivity contribution in [2.75, 3.05) is 5.32 Å². The Bertz CT molecular complexity index is 702. The van der Waals surface area contributed by atoms with E-state index in [0.717, 1.165) is 5.56 Å². The van der Waals surface area contributed by atoms with Crippen molar-refractivity contribution in [2.24, 2.45) is 0 Å². The standard InChI is InChI=1S/C17H17NO4/c1-3-12-6-4-5-7-14(12)18-17(16(21)22)9-8-11(2)13(10-17)15(19)20/h3-9,18H,1,10H2,2H3,(H,19,20)(H,21,22). The number of hydrogen-bond acceptors (Lipinski definition) is 3. The lowest BCUT2D eigenvalue weighted by Crippen LogP contribution is -2.47. The lowest BCUT2D eigenvalue weighted by atomic mass is 9.83. The van der Waals surface area contributed by atoms with Gasteiger partial charge in [-0.05, 0) is 30.2 Å². The molecule has 1 aromatic rings. The number of rotatable bonds is 5. The predicted octanol–water partition coefficient (Wildman–Crippen LogP) is 2.93. The van der Waals surface area contributed by atoms with Crippen LogP contribution >= 0.6 is 0 Å². The fraction of sp³-hybridized carbons (Fsp3) is 0.176. The fourth-order valence-corrected chi connectivity index (χ4v) is 2.40. The highest BCUT2D eigenvalue weighted by Crippen LogP contribution is 2.32. The molecule has 0 heterocycles. The zero-order chi connectivity index (χ0) is 16.3. The molecule has 0 saturated heterocycles. The van der Waals surface area contributed by atoms with Gasteiger partial charge >= 0.3 is 11.9 Å². The highest BCUT2D eigenvalue weighted by atomic mass is 16.4. The average Bonchev–Trinajstić information content (AvgIpc) is 2.49. The lowest BCUT2D eigenvalue weighted by molar-refractivity contribution is -0.140. The van der Waals surface area contributed by atoms with E-state index in [-0.39, 0.29) is 12.0 Å². The van der Waals surface area contributed by atoms with Gasteiger partial charge in [-0.15, -0.1) is 0 Å². The normalized spacial score (nSPS) is 20.6. The summed E-state index contributed by atoms with van der Waals surface area (Å²) in [6, 6.07) is 7.13. The van der Waals surface area contributed by atoms with Crippen LogP contribution in [0.5, 0.6) is 0 Å². The van der Waals surface area contributed by atoms with Gasteiger partial charge in [-0.3, -0.25) is 0 Å². The molecule has 0 saturated carbocycles. The monoisotopic (exact) mass is 299 g/mol. The van der Waals surface area contributed by atoms with E-state index >= 15 is 0 Å². The van der Waals surface area contributed by atoms with Crippen molar-refractivity contribution in [3.05, 3.63) is 59.7 Å². The number of anilines is 1. The summed E-state index contributed by atoms with van der Waals surface area (Å²) in [6.07, 6.45) is 4.51. The first-order chi connectivity index (χ1) is 10.4. The first-order valence-corrected chi connectivity index (χ1v) is 6.75. The average molecular weight is 299 g/mol. The molecule has 0 spiro atoms. The van der Waals surface area contributed by atoms with E-state index in [1.54, 1.807) is 31.2 Å². The molecular formula is C17H17NO4. The Morgan fingerprint density at radius 1 is 1.32 bits per heavy atom. The maximum atomic E-state index is 11.8. The Labute approximate surface area is 128 Å². The lowest BCUT2D eigenvalue weighted by Gasteiger charge is -2.32. The first kappa shape index (κ1) is 15.6. The number of benzene rings is 1. The summed E-state index contributed by atoms with van der Waals surface area (Å²) in [6.45, 7) is 5.35. The molecular weight excluding hydrogens is 282 g/mol. The topological polar surface area (TPSA) is 86.6 Å². The second kappa shape index (κ2) is 5.89. The number of hydrogen-bond donors (Lipinski definition) is 3. The molecule has 0 amide bonds. The van der Waals surface area contributed by atoms with Crippen molar-refractivity contribution in [1.82, 2.24) is 0 Å². The SMILES string of the molecule is C=Cc1ccccc1NC1(C(=O)O)C=CC(C)=C(C(=O)O)C1. The molecule has 2 rings (SSSR count). The molecule has 0 aromatic heterocycles. The van der Waals surface area contributed by atoms with Crippen LogP contribution in [0.25, 0.3) is 6.08 Å². The van der Waals surface area contributed by atoms with Crippen LogP contribution in [-0.4, -0.2) is 27.7 Å². The van der Waals surface area contributed by atoms with Crippen LogP contribution in [0.15, 0.2) is 54.1 Å². The van der Waals surface area contributed by atoms with Crippen LogP contribution < -0.4 is 5.32 Å². The van der Waals surface area contributed by atoms with Crippen LogP contribution in [-0.2, 0) is 9.59 Å². The number of carboxylic acid groups (broad SMARTS) is 2. The first-order valence-electron chi connectivity index (χ1n) is 6.75. The fourth-order valence-electron chi connectivity index (χ4n) is 2.40. The number of nitrogens with one attached hydrogen (secondary N) is 1. The van der Waals surface area contributed by atoms with E-state index < -0.39 is 17.5 Å². The maximum absolute atomic E-state index is 11.8. The Morgan fingerprint density at radius 3 is 2.59 bits per heavy atom. The van der Waals surface area contributed by atoms with Crippen LogP contribution in [0.3, 0.4) is 0 Å². The highest BCUT2D eigenvalue weighted by Gasteiger charge is 2.40. The van der Waals surface area contributed by atoms with E-state index in [4.69, 9.17) is 0 Å². The van der Waals surface area contributed by atoms with Crippen molar-refractivity contribution in [3.8, 4) is 0 Å². The molecule has 5 nitrogen and oxygen atoms in total. The summed E-state index contributed by atoms with van der Waals surface area (Å²) in [5.41, 5.74) is 0.497. The molecule has 0 radical (unpaired) electrons. The van der Waals surface area contributed by atoms with Crippen LogP contribution in [0, 0.1) is 0 Å². The zero-order valence-corrected chi connectivity index (χ0v) is 12.2. The van der Waals surface area contributed by atoms with Crippen molar-refractivity contribution >= 4 is 23.7 Å². The second-order valence-electron chi connectivity index (χ2n) is 5.17. The van der Waals surface area contributed by atoms with Crippen LogP contribution in [0.4, 0.5) is 5.69 Å². The summed E-state index contributed by atoms with van der Waals surface area (Å²) in [7, 11) is 0. The maximum Gasteiger partial charge on any atom is 0.333 e. The van der Waals surface area contributed by atoms with Crippen molar-refractivity contribution in [1.29, 1.82) is 0 Å². The summed E-state index contributed by atoms with van der Waals surface area (Å²) in [5.74, 6) is -2.24. The number of carboxylic acids is 2. The molecule has 0 aliphatic heterocycles. The van der Waals surface area contributed by atoms with Gasteiger partial charge in [-0.25, -0.2) is 9.59 Å². The third kappa shape index (κ3) is 2.79. The quantitative estimate of drug-likeness (QED) is 0.778. The molecule has 114 valence electrons. The molecule has 0 bridgehead atoms. The molecule has 1 aliphatic carbocycles. The van der Waals surface area contributed by atoms with E-state index in [0.29, 0.717) is 11.3 Å². The zero-order valence-electron chi connectivity index (χ0n) is 12.2. The second-order valence-corrected chi connectivity index (χ2v) is 5.17. The molecule has 22 heavy (non-hydrogen) atoms. The summed E-state index contributed by atoms with van der Waals surface area (Å²) in [4.78, 5) is 23.1. The highest BCUT2D eigenvalue weighted by molar-refractivity contribution is 5.94. The number of para-hydroxylation sites is 1. The molecule has 1 aliphatic rings. The van der Waals surface area contributed by atoms with Gasteiger partial charge in [0.05, 0.1) is 0 Å². The third-order valence-electron chi connectivity index (χ3n) is 3.73. The molecule has 3 N–H and O–H groups in total.